The number of rotatable bonds is 5. The lowest BCUT2D eigenvalue weighted by Gasteiger charge is -2.10. The molecule has 130 valence electrons. The van der Waals surface area contributed by atoms with Crippen LogP contribution in [0.25, 0.3) is 0 Å². The van der Waals surface area contributed by atoms with Crippen LogP contribution in [0.2, 0.25) is 0 Å². The van der Waals surface area contributed by atoms with Crippen molar-refractivity contribution in [2.75, 3.05) is 0 Å². The molecule has 3 nitrogen and oxygen atoms in total. The van der Waals surface area contributed by atoms with Gasteiger partial charge in [-0.15, -0.1) is 0 Å². The van der Waals surface area contributed by atoms with Crippen LogP contribution in [0.5, 0.6) is 11.5 Å². The van der Waals surface area contributed by atoms with Gasteiger partial charge in [-0.3, -0.25) is 0 Å². The Kier molecular flexibility index (Phi) is 6.23. The molecule has 0 aliphatic carbocycles. The second kappa shape index (κ2) is 9.02. The lowest BCUT2D eigenvalue weighted by Crippen LogP contribution is -2.10. The molecule has 0 spiro atoms. The van der Waals surface area contributed by atoms with Gasteiger partial charge in [0.05, 0.1) is 11.9 Å². The van der Waals surface area contributed by atoms with Crippen molar-refractivity contribution in [3.63, 3.8) is 0 Å². The molecule has 3 aromatic carbocycles. The van der Waals surface area contributed by atoms with Crippen LogP contribution in [0.1, 0.15) is 6.92 Å². The van der Waals surface area contributed by atoms with E-state index in [4.69, 9.17) is 9.47 Å². The first-order chi connectivity index (χ1) is 12.7. The van der Waals surface area contributed by atoms with Crippen LogP contribution in [0.3, 0.4) is 0 Å². The van der Waals surface area contributed by atoms with Crippen LogP contribution >= 0.6 is 15.9 Å². The van der Waals surface area contributed by atoms with Crippen LogP contribution in [-0.4, -0.2) is 5.90 Å². The Morgan fingerprint density at radius 3 is 2.19 bits per heavy atom. The van der Waals surface area contributed by atoms with E-state index >= 15 is 0 Å². The largest absolute Gasteiger partial charge is 0.465 e. The van der Waals surface area contributed by atoms with Crippen molar-refractivity contribution in [3.05, 3.63) is 101 Å². The SMILES string of the molecule is CC(=C\Oc1ccccc1)/C(=N/c1ccccc1)Oc1cccc(Br)c1. The van der Waals surface area contributed by atoms with Crippen LogP contribution in [0, 0.1) is 0 Å². The number of hydrogen-bond donors (Lipinski definition) is 0. The minimum atomic E-state index is 0.477. The summed E-state index contributed by atoms with van der Waals surface area (Å²) in [4.78, 5) is 4.63. The summed E-state index contributed by atoms with van der Waals surface area (Å²) in [6.07, 6.45) is 1.65. The van der Waals surface area contributed by atoms with E-state index in [1.807, 2.05) is 91.9 Å². The second-order valence-corrected chi connectivity index (χ2v) is 6.46. The zero-order valence-electron chi connectivity index (χ0n) is 14.3. The topological polar surface area (TPSA) is 30.8 Å². The number of hydrogen-bond acceptors (Lipinski definition) is 3. The number of nitrogens with zero attached hydrogens (tertiary/aromatic N) is 1. The molecular weight excluding hydrogens is 390 g/mol. The first-order valence-electron chi connectivity index (χ1n) is 8.17. The molecule has 0 fully saturated rings. The molecule has 0 aliphatic rings. The smallest absolute Gasteiger partial charge is 0.225 e. The van der Waals surface area contributed by atoms with Crippen molar-refractivity contribution in [3.8, 4) is 11.5 Å². The normalized spacial score (nSPS) is 11.9. The second-order valence-electron chi connectivity index (χ2n) is 5.54. The highest BCUT2D eigenvalue weighted by Crippen LogP contribution is 2.21. The predicted molar refractivity (Wildman–Crippen MR) is 109 cm³/mol. The van der Waals surface area contributed by atoms with Crippen molar-refractivity contribution in [2.24, 2.45) is 4.99 Å². The van der Waals surface area contributed by atoms with E-state index in [-0.39, 0.29) is 0 Å². The number of aliphatic imine (C=N–C) groups is 1. The van der Waals surface area contributed by atoms with Gasteiger partial charge in [0.2, 0.25) is 5.90 Å². The standard InChI is InChI=1S/C22H18BrNO2/c1-17(16-25-20-12-6-3-7-13-20)22(24-19-10-4-2-5-11-19)26-21-14-8-9-18(23)15-21/h2-16H,1H3/b17-16+,24-22-. The Morgan fingerprint density at radius 1 is 0.846 bits per heavy atom. The Morgan fingerprint density at radius 2 is 1.50 bits per heavy atom. The molecule has 0 saturated heterocycles. The third-order valence-electron chi connectivity index (χ3n) is 3.45. The monoisotopic (exact) mass is 407 g/mol. The highest BCUT2D eigenvalue weighted by Gasteiger charge is 2.08. The van der Waals surface area contributed by atoms with Crippen molar-refractivity contribution in [2.45, 2.75) is 6.92 Å². The van der Waals surface area contributed by atoms with E-state index in [9.17, 15) is 0 Å². The molecule has 0 radical (unpaired) electrons. The number of benzene rings is 3. The molecule has 0 saturated carbocycles. The third-order valence-corrected chi connectivity index (χ3v) is 3.94. The Balaban J connectivity index is 1.88. The average molecular weight is 408 g/mol. The summed E-state index contributed by atoms with van der Waals surface area (Å²) in [7, 11) is 0. The quantitative estimate of drug-likeness (QED) is 0.273. The molecule has 0 bridgehead atoms. The summed E-state index contributed by atoms with van der Waals surface area (Å²) in [5.41, 5.74) is 1.59. The van der Waals surface area contributed by atoms with Crippen molar-refractivity contribution >= 4 is 27.5 Å². The first-order valence-corrected chi connectivity index (χ1v) is 8.96. The minimum absolute atomic E-state index is 0.477. The lowest BCUT2D eigenvalue weighted by atomic mass is 10.3. The highest BCUT2D eigenvalue weighted by atomic mass is 79.9. The fourth-order valence-electron chi connectivity index (χ4n) is 2.16. The van der Waals surface area contributed by atoms with Gasteiger partial charge in [-0.25, -0.2) is 4.99 Å². The maximum Gasteiger partial charge on any atom is 0.225 e. The molecule has 26 heavy (non-hydrogen) atoms. The molecule has 0 amide bonds. The zero-order valence-corrected chi connectivity index (χ0v) is 15.9. The van der Waals surface area contributed by atoms with E-state index in [0.717, 1.165) is 21.5 Å². The van der Waals surface area contributed by atoms with Gasteiger partial charge in [0.15, 0.2) is 0 Å². The number of ether oxygens (including phenoxy) is 2. The van der Waals surface area contributed by atoms with Gasteiger partial charge < -0.3 is 9.47 Å². The molecule has 4 heteroatoms. The first kappa shape index (κ1) is 18.0. The summed E-state index contributed by atoms with van der Waals surface area (Å²) in [5.74, 6) is 1.93. The fraction of sp³-hybridized carbons (Fsp3) is 0.0455. The van der Waals surface area contributed by atoms with Crippen LogP contribution in [-0.2, 0) is 0 Å². The number of halogens is 1. The van der Waals surface area contributed by atoms with Crippen LogP contribution in [0.15, 0.2) is 106 Å². The number of para-hydroxylation sites is 2. The maximum absolute atomic E-state index is 6.02. The van der Waals surface area contributed by atoms with E-state index in [0.29, 0.717) is 11.6 Å². The zero-order chi connectivity index (χ0) is 18.2. The molecule has 0 N–H and O–H groups in total. The summed E-state index contributed by atoms with van der Waals surface area (Å²) >= 11 is 3.46. The van der Waals surface area contributed by atoms with Gasteiger partial charge in [-0.1, -0.05) is 58.4 Å². The van der Waals surface area contributed by atoms with Crippen molar-refractivity contribution in [1.29, 1.82) is 0 Å². The molecular formula is C22H18BrNO2. The minimum Gasteiger partial charge on any atom is -0.465 e. The van der Waals surface area contributed by atoms with Crippen LogP contribution < -0.4 is 9.47 Å². The summed E-state index contributed by atoms with van der Waals surface area (Å²) in [5, 5.41) is 0. The molecule has 0 aromatic heterocycles. The van der Waals surface area contributed by atoms with Crippen molar-refractivity contribution in [1.82, 2.24) is 0 Å². The highest BCUT2D eigenvalue weighted by molar-refractivity contribution is 9.10. The van der Waals surface area contributed by atoms with E-state index in [1.165, 1.54) is 0 Å². The summed E-state index contributed by atoms with van der Waals surface area (Å²) < 4.78 is 12.7. The average Bonchev–Trinajstić information content (AvgIpc) is 2.67. The van der Waals surface area contributed by atoms with Gasteiger partial charge in [-0.05, 0) is 49.4 Å². The summed E-state index contributed by atoms with van der Waals surface area (Å²) in [6.45, 7) is 1.91. The van der Waals surface area contributed by atoms with Crippen LogP contribution in [0.4, 0.5) is 5.69 Å². The van der Waals surface area contributed by atoms with Crippen molar-refractivity contribution < 1.29 is 9.47 Å². The fourth-order valence-corrected chi connectivity index (χ4v) is 2.54. The maximum atomic E-state index is 6.02. The Hall–Kier alpha value is -2.85. The molecule has 0 atom stereocenters. The van der Waals surface area contributed by atoms with E-state index in [1.54, 1.807) is 6.26 Å². The molecule has 0 aliphatic heterocycles. The van der Waals surface area contributed by atoms with Gasteiger partial charge in [0, 0.05) is 10.0 Å². The van der Waals surface area contributed by atoms with Gasteiger partial charge in [0.25, 0.3) is 0 Å². The van der Waals surface area contributed by atoms with Gasteiger partial charge in [-0.2, -0.15) is 0 Å². The summed E-state index contributed by atoms with van der Waals surface area (Å²) in [6, 6.07) is 26.9. The Labute approximate surface area is 161 Å². The lowest BCUT2D eigenvalue weighted by molar-refractivity contribution is 0.473. The van der Waals surface area contributed by atoms with E-state index in [2.05, 4.69) is 20.9 Å². The Bertz CT molecular complexity index is 906. The molecule has 0 unspecified atom stereocenters. The molecule has 0 heterocycles. The third kappa shape index (κ3) is 5.33. The molecule has 3 aromatic rings. The van der Waals surface area contributed by atoms with E-state index < -0.39 is 0 Å². The van der Waals surface area contributed by atoms with Gasteiger partial charge >= 0.3 is 0 Å². The predicted octanol–water partition coefficient (Wildman–Crippen LogP) is 6.54. The van der Waals surface area contributed by atoms with Gasteiger partial charge in [0.1, 0.15) is 11.5 Å². The molecule has 3 rings (SSSR count).